The Kier molecular flexibility index (Phi) is 7.70. The molecule has 192 valence electrons. The topological polar surface area (TPSA) is 114 Å². The lowest BCUT2D eigenvalue weighted by Crippen LogP contribution is -2.15. The van der Waals surface area contributed by atoms with Crippen LogP contribution >= 0.6 is 11.6 Å². The van der Waals surface area contributed by atoms with Crippen molar-refractivity contribution in [2.75, 3.05) is 29.6 Å². The van der Waals surface area contributed by atoms with E-state index in [0.717, 1.165) is 22.7 Å². The number of halogens is 1. The number of benzene rings is 3. The van der Waals surface area contributed by atoms with Crippen LogP contribution in [0.1, 0.15) is 11.3 Å². The van der Waals surface area contributed by atoms with E-state index >= 15 is 0 Å². The van der Waals surface area contributed by atoms with E-state index in [2.05, 4.69) is 25.3 Å². The summed E-state index contributed by atoms with van der Waals surface area (Å²) in [4.78, 5) is 8.84. The molecule has 11 heteroatoms. The third-order valence-electron chi connectivity index (χ3n) is 5.25. The first-order valence-corrected chi connectivity index (χ1v) is 13.0. The van der Waals surface area contributed by atoms with E-state index in [0.29, 0.717) is 23.1 Å². The molecule has 37 heavy (non-hydrogen) atoms. The minimum absolute atomic E-state index is 0.0817. The van der Waals surface area contributed by atoms with Crippen LogP contribution in [0.5, 0.6) is 11.5 Å². The van der Waals surface area contributed by atoms with Gasteiger partial charge in [0.2, 0.25) is 5.95 Å². The largest absolute Gasteiger partial charge is 0.497 e. The van der Waals surface area contributed by atoms with Crippen molar-refractivity contribution in [1.82, 2.24) is 9.97 Å². The standard InChI is InChI=1S/C26H26ClN5O4S/c1-16-13-22(27)25(23(14-16)36-4)37(33,34)32-20-7-5-19(6-8-20)30-26-28-17(2)15-24(31-26)29-18-9-11-21(35-3)12-10-18/h5-15,32H,1-4H3,(H2,28,29,30,31). The smallest absolute Gasteiger partial charge is 0.267 e. The molecule has 4 aromatic rings. The van der Waals surface area contributed by atoms with Gasteiger partial charge in [0.05, 0.1) is 19.2 Å². The molecule has 0 saturated carbocycles. The van der Waals surface area contributed by atoms with Gasteiger partial charge < -0.3 is 20.1 Å². The molecule has 1 heterocycles. The Balaban J connectivity index is 1.49. The lowest BCUT2D eigenvalue weighted by Gasteiger charge is -2.14. The molecular formula is C26H26ClN5O4S. The number of rotatable bonds is 9. The maximum Gasteiger partial charge on any atom is 0.267 e. The second-order valence-corrected chi connectivity index (χ2v) is 10.2. The Morgan fingerprint density at radius 1 is 0.784 bits per heavy atom. The number of nitrogens with one attached hydrogen (secondary N) is 3. The molecule has 3 N–H and O–H groups in total. The zero-order chi connectivity index (χ0) is 26.6. The third-order valence-corrected chi connectivity index (χ3v) is 7.13. The van der Waals surface area contributed by atoms with Crippen LogP contribution in [0.15, 0.2) is 71.6 Å². The number of hydrogen-bond donors (Lipinski definition) is 3. The van der Waals surface area contributed by atoms with Crippen molar-refractivity contribution < 1.29 is 17.9 Å². The Hall–Kier alpha value is -4.02. The Morgan fingerprint density at radius 2 is 1.41 bits per heavy atom. The molecule has 4 rings (SSSR count). The van der Waals surface area contributed by atoms with Gasteiger partial charge in [0.1, 0.15) is 22.2 Å². The summed E-state index contributed by atoms with van der Waals surface area (Å²) in [5.41, 5.74) is 3.44. The molecule has 0 fully saturated rings. The number of ether oxygens (including phenoxy) is 2. The molecule has 1 aromatic heterocycles. The molecular weight excluding hydrogens is 514 g/mol. The number of nitrogens with zero attached hydrogens (tertiary/aromatic N) is 2. The molecule has 9 nitrogen and oxygen atoms in total. The molecule has 0 spiro atoms. The quantitative estimate of drug-likeness (QED) is 0.235. The summed E-state index contributed by atoms with van der Waals surface area (Å²) in [6, 6.07) is 19.2. The molecule has 0 aliphatic heterocycles. The molecule has 0 saturated heterocycles. The van der Waals surface area contributed by atoms with Gasteiger partial charge in [-0.05, 0) is 80.1 Å². The van der Waals surface area contributed by atoms with Crippen LogP contribution in [0.4, 0.5) is 28.8 Å². The van der Waals surface area contributed by atoms with Crippen LogP contribution in [0.3, 0.4) is 0 Å². The average Bonchev–Trinajstić information content (AvgIpc) is 2.84. The monoisotopic (exact) mass is 539 g/mol. The predicted octanol–water partition coefficient (Wildman–Crippen LogP) is 6.05. The van der Waals surface area contributed by atoms with Gasteiger partial charge in [-0.2, -0.15) is 4.98 Å². The zero-order valence-corrected chi connectivity index (χ0v) is 22.2. The first-order valence-electron chi connectivity index (χ1n) is 11.2. The Labute approximate surface area is 220 Å². The van der Waals surface area contributed by atoms with E-state index in [1.54, 1.807) is 50.4 Å². The molecule has 0 unspecified atom stereocenters. The van der Waals surface area contributed by atoms with Gasteiger partial charge in [0, 0.05) is 28.8 Å². The van der Waals surface area contributed by atoms with E-state index in [9.17, 15) is 8.42 Å². The molecule has 0 aliphatic rings. The Morgan fingerprint density at radius 3 is 2.05 bits per heavy atom. The summed E-state index contributed by atoms with van der Waals surface area (Å²) in [5, 5.41) is 6.47. The summed E-state index contributed by atoms with van der Waals surface area (Å²) in [5.74, 6) is 1.94. The average molecular weight is 540 g/mol. The van der Waals surface area contributed by atoms with Gasteiger partial charge in [0.15, 0.2) is 0 Å². The minimum Gasteiger partial charge on any atom is -0.497 e. The van der Waals surface area contributed by atoms with Gasteiger partial charge in [-0.25, -0.2) is 13.4 Å². The fraction of sp³-hybridized carbons (Fsp3) is 0.154. The molecule has 0 atom stereocenters. The van der Waals surface area contributed by atoms with Crippen molar-refractivity contribution >= 4 is 50.5 Å². The van der Waals surface area contributed by atoms with E-state index in [1.807, 2.05) is 37.3 Å². The van der Waals surface area contributed by atoms with Gasteiger partial charge in [0.25, 0.3) is 10.0 Å². The summed E-state index contributed by atoms with van der Waals surface area (Å²) in [6.45, 7) is 3.68. The minimum atomic E-state index is -3.99. The van der Waals surface area contributed by atoms with Crippen LogP contribution in [0.2, 0.25) is 5.02 Å². The maximum atomic E-state index is 13.0. The van der Waals surface area contributed by atoms with Crippen LogP contribution in [0.25, 0.3) is 0 Å². The third kappa shape index (κ3) is 6.41. The van der Waals surface area contributed by atoms with Crippen molar-refractivity contribution in [3.8, 4) is 11.5 Å². The zero-order valence-electron chi connectivity index (χ0n) is 20.7. The van der Waals surface area contributed by atoms with E-state index in [1.165, 1.54) is 7.11 Å². The van der Waals surface area contributed by atoms with Crippen LogP contribution < -0.4 is 24.8 Å². The highest BCUT2D eigenvalue weighted by Gasteiger charge is 2.24. The second kappa shape index (κ2) is 10.9. The van der Waals surface area contributed by atoms with Gasteiger partial charge in [-0.3, -0.25) is 4.72 Å². The molecule has 3 aromatic carbocycles. The lowest BCUT2D eigenvalue weighted by atomic mass is 10.2. The highest BCUT2D eigenvalue weighted by atomic mass is 35.5. The predicted molar refractivity (Wildman–Crippen MR) is 146 cm³/mol. The molecule has 0 bridgehead atoms. The number of aromatic nitrogens is 2. The highest BCUT2D eigenvalue weighted by molar-refractivity contribution is 7.93. The van der Waals surface area contributed by atoms with E-state index in [-0.39, 0.29) is 15.7 Å². The number of methoxy groups -OCH3 is 2. The normalized spacial score (nSPS) is 11.1. The summed E-state index contributed by atoms with van der Waals surface area (Å²) < 4.78 is 39.0. The first-order chi connectivity index (χ1) is 17.7. The van der Waals surface area contributed by atoms with Crippen molar-refractivity contribution in [2.24, 2.45) is 0 Å². The molecule has 0 radical (unpaired) electrons. The summed E-state index contributed by atoms with van der Waals surface area (Å²) >= 11 is 6.24. The fourth-order valence-electron chi connectivity index (χ4n) is 3.58. The van der Waals surface area contributed by atoms with E-state index < -0.39 is 10.0 Å². The van der Waals surface area contributed by atoms with Gasteiger partial charge >= 0.3 is 0 Å². The van der Waals surface area contributed by atoms with Crippen molar-refractivity contribution in [1.29, 1.82) is 0 Å². The lowest BCUT2D eigenvalue weighted by molar-refractivity contribution is 0.402. The number of hydrogen-bond acceptors (Lipinski definition) is 8. The van der Waals surface area contributed by atoms with Crippen molar-refractivity contribution in [3.05, 3.63) is 83.0 Å². The fourth-order valence-corrected chi connectivity index (χ4v) is 5.42. The summed E-state index contributed by atoms with van der Waals surface area (Å²) in [7, 11) is -0.973. The Bertz CT molecular complexity index is 1510. The highest BCUT2D eigenvalue weighted by Crippen LogP contribution is 2.34. The van der Waals surface area contributed by atoms with Crippen LogP contribution in [-0.4, -0.2) is 32.6 Å². The van der Waals surface area contributed by atoms with Crippen molar-refractivity contribution in [2.45, 2.75) is 18.7 Å². The molecule has 0 aliphatic carbocycles. The van der Waals surface area contributed by atoms with Crippen LogP contribution in [-0.2, 0) is 10.0 Å². The van der Waals surface area contributed by atoms with Crippen LogP contribution in [0, 0.1) is 13.8 Å². The van der Waals surface area contributed by atoms with Gasteiger partial charge in [-0.15, -0.1) is 0 Å². The number of sulfonamides is 1. The second-order valence-electron chi connectivity index (χ2n) is 8.16. The number of anilines is 5. The summed E-state index contributed by atoms with van der Waals surface area (Å²) in [6.07, 6.45) is 0. The maximum absolute atomic E-state index is 13.0. The van der Waals surface area contributed by atoms with E-state index in [4.69, 9.17) is 21.1 Å². The van der Waals surface area contributed by atoms with Crippen molar-refractivity contribution in [3.63, 3.8) is 0 Å². The number of aryl methyl sites for hydroxylation is 2. The SMILES string of the molecule is COc1ccc(Nc2cc(C)nc(Nc3ccc(NS(=O)(=O)c4c(Cl)cc(C)cc4OC)cc3)n2)cc1. The molecule has 0 amide bonds. The first kappa shape index (κ1) is 26.1. The van der Waals surface area contributed by atoms with Gasteiger partial charge in [-0.1, -0.05) is 11.6 Å².